The maximum Gasteiger partial charge on any atom is -0.0273 e. The topological polar surface area (TPSA) is 0 Å². The summed E-state index contributed by atoms with van der Waals surface area (Å²) in [6.07, 6.45) is 8.15. The van der Waals surface area contributed by atoms with Crippen LogP contribution < -0.4 is 0 Å². The molecule has 0 nitrogen and oxygen atoms in total. The molecular weight excluding hydrogens is 84.1 g/mol. The first-order valence-electron chi connectivity index (χ1n) is 2.81. The molecule has 0 heterocycles. The molecule has 0 aromatic carbocycles. The summed E-state index contributed by atoms with van der Waals surface area (Å²) >= 11 is 0. The Kier molecular flexibility index (Phi) is 1.40. The Morgan fingerprint density at radius 2 is 2.29 bits per heavy atom. The average Bonchev–Trinajstić information content (AvgIpc) is 1.69. The summed E-state index contributed by atoms with van der Waals surface area (Å²) in [6.45, 7) is 3.80. The van der Waals surface area contributed by atoms with E-state index in [1.54, 1.807) is 0 Å². The van der Waals surface area contributed by atoms with Gasteiger partial charge >= 0.3 is 0 Å². The first-order chi connectivity index (χ1) is 3.39. The van der Waals surface area contributed by atoms with E-state index in [9.17, 15) is 0 Å². The summed E-state index contributed by atoms with van der Waals surface area (Å²) in [7, 11) is 0. The molecule has 0 unspecified atom stereocenters. The highest BCUT2D eigenvalue weighted by Crippen LogP contribution is 2.14. The zero-order chi connectivity index (χ0) is 5.11. The summed E-state index contributed by atoms with van der Waals surface area (Å²) in [5.74, 6) is 0. The van der Waals surface area contributed by atoms with Crippen molar-refractivity contribution in [3.63, 3.8) is 0 Å². The summed E-state index contributed by atoms with van der Waals surface area (Å²) < 4.78 is 0. The van der Waals surface area contributed by atoms with E-state index in [1.165, 1.54) is 24.8 Å². The fraction of sp³-hybridized carbons (Fsp3) is 0.571. The third-order valence-corrected chi connectivity index (χ3v) is 1.28. The maximum atomic E-state index is 3.80. The van der Waals surface area contributed by atoms with E-state index < -0.39 is 0 Å². The minimum atomic E-state index is 1.14. The van der Waals surface area contributed by atoms with Crippen LogP contribution in [0, 0.1) is 13.0 Å². The van der Waals surface area contributed by atoms with Crippen molar-refractivity contribution in [3.05, 3.63) is 18.6 Å². The molecule has 0 saturated heterocycles. The molecule has 0 fully saturated rings. The lowest BCUT2D eigenvalue weighted by Crippen LogP contribution is -1.86. The Hall–Kier alpha value is -0.390. The molecule has 0 N–H and O–H groups in total. The zero-order valence-electron chi connectivity index (χ0n) is 4.54. The second-order valence-corrected chi connectivity index (χ2v) is 1.99. The molecule has 7 heavy (non-hydrogen) atoms. The predicted molar refractivity (Wildman–Crippen MR) is 30.6 cm³/mol. The maximum absolute atomic E-state index is 3.80. The molecule has 0 aromatic heterocycles. The predicted octanol–water partition coefficient (Wildman–Crippen LogP) is 2.12. The smallest absolute Gasteiger partial charge is 0.0273 e. The normalized spacial score (nSPS) is 21.4. The fourth-order valence-electron chi connectivity index (χ4n) is 0.817. The van der Waals surface area contributed by atoms with Crippen LogP contribution in [-0.2, 0) is 0 Å². The molecule has 1 rings (SSSR count). The van der Waals surface area contributed by atoms with Gasteiger partial charge in [-0.05, 0) is 31.8 Å². The number of allylic oxidation sites excluding steroid dienone is 2. The van der Waals surface area contributed by atoms with Gasteiger partial charge in [0.15, 0.2) is 0 Å². The van der Waals surface area contributed by atoms with Crippen LogP contribution in [0.4, 0.5) is 0 Å². The second kappa shape index (κ2) is 2.06. The van der Waals surface area contributed by atoms with Crippen molar-refractivity contribution in [2.45, 2.75) is 25.7 Å². The van der Waals surface area contributed by atoms with Crippen LogP contribution in [0.5, 0.6) is 0 Å². The van der Waals surface area contributed by atoms with Crippen molar-refractivity contribution in [3.8, 4) is 0 Å². The van der Waals surface area contributed by atoms with Crippen LogP contribution in [-0.4, -0.2) is 0 Å². The van der Waals surface area contributed by atoms with Gasteiger partial charge in [-0.1, -0.05) is 12.5 Å². The van der Waals surface area contributed by atoms with E-state index in [4.69, 9.17) is 0 Å². The molecular formula is C7H10. The Morgan fingerprint density at radius 3 is 2.57 bits per heavy atom. The lowest BCUT2D eigenvalue weighted by molar-refractivity contribution is 0.699. The summed E-state index contributed by atoms with van der Waals surface area (Å²) in [5, 5.41) is 0. The Balaban J connectivity index is 2.40. The summed E-state index contributed by atoms with van der Waals surface area (Å²) in [4.78, 5) is 0. The van der Waals surface area contributed by atoms with Gasteiger partial charge in [-0.15, -0.1) is 0 Å². The van der Waals surface area contributed by atoms with Crippen molar-refractivity contribution < 1.29 is 0 Å². The van der Waals surface area contributed by atoms with Crippen LogP contribution in [0.15, 0.2) is 5.57 Å². The molecule has 0 spiro atoms. The highest BCUT2D eigenvalue weighted by atomic mass is 14.0. The highest BCUT2D eigenvalue weighted by Gasteiger charge is 1.96. The molecule has 0 atom stereocenters. The second-order valence-electron chi connectivity index (χ2n) is 1.99. The first kappa shape index (κ1) is 4.76. The van der Waals surface area contributed by atoms with Crippen molar-refractivity contribution in [2.24, 2.45) is 0 Å². The highest BCUT2D eigenvalue weighted by molar-refractivity contribution is 5.02. The van der Waals surface area contributed by atoms with Crippen LogP contribution in [0.2, 0.25) is 0 Å². The molecule has 0 heteroatoms. The third kappa shape index (κ3) is 1.26. The van der Waals surface area contributed by atoms with Crippen LogP contribution >= 0.6 is 0 Å². The standard InChI is InChI=1S/C7H10/c1-7-5-3-2-4-6-7/h1-5H2. The van der Waals surface area contributed by atoms with Gasteiger partial charge in [0.05, 0.1) is 0 Å². The molecule has 0 aliphatic heterocycles. The van der Waals surface area contributed by atoms with Crippen molar-refractivity contribution in [2.75, 3.05) is 0 Å². The van der Waals surface area contributed by atoms with Crippen molar-refractivity contribution >= 4 is 0 Å². The molecule has 0 aromatic rings. The van der Waals surface area contributed by atoms with Crippen molar-refractivity contribution in [1.82, 2.24) is 0 Å². The van der Waals surface area contributed by atoms with E-state index in [2.05, 4.69) is 13.0 Å². The van der Waals surface area contributed by atoms with E-state index >= 15 is 0 Å². The monoisotopic (exact) mass is 94.1 g/mol. The van der Waals surface area contributed by atoms with Crippen LogP contribution in [0.1, 0.15) is 25.7 Å². The molecule has 0 bridgehead atoms. The van der Waals surface area contributed by atoms with Gasteiger partial charge < -0.3 is 0 Å². The number of hydrogen-bond acceptors (Lipinski definition) is 0. The van der Waals surface area contributed by atoms with Gasteiger partial charge in [0.2, 0.25) is 0 Å². The average molecular weight is 94.2 g/mol. The summed E-state index contributed by atoms with van der Waals surface area (Å²) in [5.41, 5.74) is 1.21. The van der Waals surface area contributed by atoms with Gasteiger partial charge in [-0.2, -0.15) is 0 Å². The largest absolute Gasteiger partial charge is 0.0955 e. The van der Waals surface area contributed by atoms with Crippen molar-refractivity contribution in [1.29, 1.82) is 0 Å². The third-order valence-electron chi connectivity index (χ3n) is 1.28. The number of rotatable bonds is 0. The fourth-order valence-corrected chi connectivity index (χ4v) is 0.817. The Labute approximate surface area is 45.2 Å². The minimum Gasteiger partial charge on any atom is -0.0955 e. The molecule has 38 valence electrons. The lowest BCUT2D eigenvalue weighted by Gasteiger charge is -2.04. The van der Waals surface area contributed by atoms with Gasteiger partial charge in [-0.25, -0.2) is 0 Å². The minimum absolute atomic E-state index is 1.14. The molecule has 1 aliphatic carbocycles. The van der Waals surface area contributed by atoms with Gasteiger partial charge in [0, 0.05) is 0 Å². The lowest BCUT2D eigenvalue weighted by atomic mass is 10.0. The van der Waals surface area contributed by atoms with Gasteiger partial charge in [-0.3, -0.25) is 0 Å². The van der Waals surface area contributed by atoms with Crippen LogP contribution in [0.3, 0.4) is 0 Å². The van der Waals surface area contributed by atoms with E-state index in [0.717, 1.165) is 6.42 Å². The van der Waals surface area contributed by atoms with Crippen LogP contribution in [0.25, 0.3) is 0 Å². The zero-order valence-corrected chi connectivity index (χ0v) is 4.54. The Morgan fingerprint density at radius 1 is 1.43 bits per heavy atom. The molecule has 1 aliphatic rings. The first-order valence-corrected chi connectivity index (χ1v) is 2.81. The molecule has 0 saturated carbocycles. The van der Waals surface area contributed by atoms with E-state index in [0.29, 0.717) is 0 Å². The Bertz CT molecular complexity index is 80.0. The summed E-state index contributed by atoms with van der Waals surface area (Å²) in [6, 6.07) is 0. The molecule has 0 amide bonds. The SMILES string of the molecule is [CH2+]C1=[C-]CCCC1. The van der Waals surface area contributed by atoms with E-state index in [1.807, 2.05) is 0 Å². The van der Waals surface area contributed by atoms with E-state index in [-0.39, 0.29) is 0 Å². The quantitative estimate of drug-likeness (QED) is 0.403. The molecule has 0 radical (unpaired) electrons. The number of hydrogen-bond donors (Lipinski definition) is 0. The van der Waals surface area contributed by atoms with Gasteiger partial charge in [0.25, 0.3) is 0 Å². The van der Waals surface area contributed by atoms with Gasteiger partial charge in [0.1, 0.15) is 0 Å².